The molecule has 0 amide bonds. The van der Waals surface area contributed by atoms with Gasteiger partial charge in [0.1, 0.15) is 10.0 Å². The molecule has 1 aromatic carbocycles. The number of nitrogens with one attached hydrogen (secondary N) is 1. The molecule has 0 aliphatic heterocycles. The van der Waals surface area contributed by atoms with Crippen LogP contribution in [0.4, 0.5) is 11.4 Å². The number of hydrazine groups is 1. The summed E-state index contributed by atoms with van der Waals surface area (Å²) >= 11 is 12.8. The highest BCUT2D eigenvalue weighted by atomic mass is 35.5. The number of carbonyl (C=O) groups excluding carboxylic acids is 1. The van der Waals surface area contributed by atoms with Gasteiger partial charge in [0.05, 0.1) is 17.8 Å². The fraction of sp³-hybridized carbons (Fsp3) is 0.188. The molecule has 0 radical (unpaired) electrons. The summed E-state index contributed by atoms with van der Waals surface area (Å²) in [5.41, 5.74) is 2.96. The molecule has 0 saturated carbocycles. The average molecular weight is 381 g/mol. The van der Waals surface area contributed by atoms with Crippen LogP contribution in [0, 0.1) is 6.92 Å². The van der Waals surface area contributed by atoms with E-state index < -0.39 is 0 Å². The van der Waals surface area contributed by atoms with Gasteiger partial charge in [0.2, 0.25) is 0 Å². The summed E-state index contributed by atoms with van der Waals surface area (Å²) < 4.78 is 0.582. The molecule has 8 heteroatoms. The second-order valence-electron chi connectivity index (χ2n) is 5.08. The summed E-state index contributed by atoms with van der Waals surface area (Å²) in [4.78, 5) is 15.3. The number of ketones is 1. The predicted octanol–water partition coefficient (Wildman–Crippen LogP) is 4.01. The van der Waals surface area contributed by atoms with Crippen LogP contribution in [0.5, 0.6) is 0 Å². The highest BCUT2D eigenvalue weighted by Gasteiger charge is 2.07. The molecule has 126 valence electrons. The monoisotopic (exact) mass is 380 g/mol. The zero-order valence-corrected chi connectivity index (χ0v) is 15.6. The first kappa shape index (κ1) is 18.7. The van der Waals surface area contributed by atoms with E-state index in [1.807, 2.05) is 25.1 Å². The molecule has 0 bridgehead atoms. The third-order valence-electron chi connectivity index (χ3n) is 3.19. The van der Waals surface area contributed by atoms with Crippen LogP contribution in [0.25, 0.3) is 0 Å². The maximum Gasteiger partial charge on any atom is 0.178 e. The fourth-order valence-corrected chi connectivity index (χ4v) is 2.84. The number of hydrogen-bond acceptors (Lipinski definition) is 6. The van der Waals surface area contributed by atoms with Crippen molar-refractivity contribution in [3.8, 4) is 0 Å². The maximum absolute atomic E-state index is 11.2. The first-order chi connectivity index (χ1) is 11.4. The van der Waals surface area contributed by atoms with E-state index >= 15 is 0 Å². The van der Waals surface area contributed by atoms with Crippen LogP contribution in [0.15, 0.2) is 36.5 Å². The fourth-order valence-electron chi connectivity index (χ4n) is 1.79. The highest BCUT2D eigenvalue weighted by molar-refractivity contribution is 8.23. The van der Waals surface area contributed by atoms with E-state index in [-0.39, 0.29) is 5.78 Å². The standard InChI is InChI=1S/C16H17ClN4OS2/c1-10-3-4-12(7-14(10)17)20-16(23)24-9-21(18)13-5-6-15(11(2)22)19-8-13/h3-8H,9,18H2,1-2H3,(H,20,23). The van der Waals surface area contributed by atoms with E-state index in [0.717, 1.165) is 11.3 Å². The van der Waals surface area contributed by atoms with E-state index in [1.54, 1.807) is 18.3 Å². The Balaban J connectivity index is 1.88. The van der Waals surface area contributed by atoms with Gasteiger partial charge >= 0.3 is 0 Å². The van der Waals surface area contributed by atoms with Crippen LogP contribution < -0.4 is 16.2 Å². The van der Waals surface area contributed by atoms with Gasteiger partial charge in [-0.15, -0.1) is 0 Å². The number of carbonyl (C=O) groups is 1. The van der Waals surface area contributed by atoms with Crippen molar-refractivity contribution in [1.82, 2.24) is 4.98 Å². The van der Waals surface area contributed by atoms with Gasteiger partial charge in [-0.2, -0.15) is 0 Å². The average Bonchev–Trinajstić information content (AvgIpc) is 2.56. The number of hydrogen-bond donors (Lipinski definition) is 2. The third-order valence-corrected chi connectivity index (χ3v) is 4.83. The number of nitrogens with zero attached hydrogens (tertiary/aromatic N) is 2. The van der Waals surface area contributed by atoms with Crippen LogP contribution in [0.3, 0.4) is 0 Å². The minimum Gasteiger partial charge on any atom is -0.341 e. The molecule has 2 aromatic rings. The van der Waals surface area contributed by atoms with Crippen molar-refractivity contribution in [2.45, 2.75) is 13.8 Å². The molecule has 0 aliphatic carbocycles. The topological polar surface area (TPSA) is 71.2 Å². The smallest absolute Gasteiger partial charge is 0.178 e. The lowest BCUT2D eigenvalue weighted by molar-refractivity contribution is 0.101. The molecular formula is C16H17ClN4OS2. The molecule has 0 saturated heterocycles. The van der Waals surface area contributed by atoms with Crippen molar-refractivity contribution in [3.63, 3.8) is 0 Å². The highest BCUT2D eigenvalue weighted by Crippen LogP contribution is 2.21. The molecule has 0 unspecified atom stereocenters. The van der Waals surface area contributed by atoms with Crippen LogP contribution in [-0.2, 0) is 0 Å². The second-order valence-corrected chi connectivity index (χ2v) is 7.11. The summed E-state index contributed by atoms with van der Waals surface area (Å²) in [5.74, 6) is 6.34. The number of benzene rings is 1. The van der Waals surface area contributed by atoms with E-state index in [2.05, 4.69) is 10.3 Å². The zero-order chi connectivity index (χ0) is 17.7. The number of thioether (sulfide) groups is 1. The summed E-state index contributed by atoms with van der Waals surface area (Å²) in [6, 6.07) is 9.07. The molecule has 2 rings (SSSR count). The van der Waals surface area contributed by atoms with Crippen LogP contribution in [0.2, 0.25) is 5.02 Å². The first-order valence-corrected chi connectivity index (χ1v) is 8.83. The minimum atomic E-state index is -0.0818. The molecule has 0 aliphatic rings. The van der Waals surface area contributed by atoms with E-state index in [1.165, 1.54) is 23.7 Å². The Kier molecular flexibility index (Phi) is 6.56. The van der Waals surface area contributed by atoms with Crippen LogP contribution in [0.1, 0.15) is 23.0 Å². The van der Waals surface area contributed by atoms with Crippen molar-refractivity contribution >= 4 is 57.1 Å². The molecule has 5 nitrogen and oxygen atoms in total. The molecule has 0 spiro atoms. The number of nitrogens with two attached hydrogens (primary N) is 1. The number of rotatable bonds is 5. The SMILES string of the molecule is CC(=O)c1ccc(N(N)CSC(=S)Nc2ccc(C)c(Cl)c2)cn1. The van der Waals surface area contributed by atoms with Gasteiger partial charge in [-0.05, 0) is 36.8 Å². The number of thiocarbonyl (C=S) groups is 1. The lowest BCUT2D eigenvalue weighted by Crippen LogP contribution is -2.31. The van der Waals surface area contributed by atoms with Gasteiger partial charge < -0.3 is 5.32 Å². The Labute approximate surface area is 155 Å². The minimum absolute atomic E-state index is 0.0818. The predicted molar refractivity (Wildman–Crippen MR) is 106 cm³/mol. The molecular weight excluding hydrogens is 364 g/mol. The summed E-state index contributed by atoms with van der Waals surface area (Å²) in [6.07, 6.45) is 1.56. The van der Waals surface area contributed by atoms with Crippen molar-refractivity contribution in [2.75, 3.05) is 16.2 Å². The number of pyridine rings is 1. The Morgan fingerprint density at radius 2 is 2.17 bits per heavy atom. The number of halogens is 1. The molecule has 1 aromatic heterocycles. The van der Waals surface area contributed by atoms with Gasteiger partial charge in [0.25, 0.3) is 0 Å². The van der Waals surface area contributed by atoms with Gasteiger partial charge in [0.15, 0.2) is 5.78 Å². The lowest BCUT2D eigenvalue weighted by Gasteiger charge is -2.18. The Morgan fingerprint density at radius 1 is 1.42 bits per heavy atom. The summed E-state index contributed by atoms with van der Waals surface area (Å²) in [7, 11) is 0. The Hall–Kier alpha value is -1.67. The summed E-state index contributed by atoms with van der Waals surface area (Å²) in [6.45, 7) is 3.41. The Bertz CT molecular complexity index is 752. The summed E-state index contributed by atoms with van der Waals surface area (Å²) in [5, 5.41) is 5.30. The molecule has 1 heterocycles. The largest absolute Gasteiger partial charge is 0.341 e. The molecule has 24 heavy (non-hydrogen) atoms. The second kappa shape index (κ2) is 8.43. The first-order valence-electron chi connectivity index (χ1n) is 7.06. The van der Waals surface area contributed by atoms with Crippen molar-refractivity contribution < 1.29 is 4.79 Å². The number of anilines is 2. The van der Waals surface area contributed by atoms with Crippen molar-refractivity contribution in [1.29, 1.82) is 0 Å². The van der Waals surface area contributed by atoms with Gasteiger partial charge in [-0.25, -0.2) is 5.84 Å². The maximum atomic E-state index is 11.2. The van der Waals surface area contributed by atoms with Gasteiger partial charge in [-0.3, -0.25) is 14.8 Å². The van der Waals surface area contributed by atoms with Gasteiger partial charge in [-0.1, -0.05) is 41.6 Å². The van der Waals surface area contributed by atoms with Crippen LogP contribution in [-0.4, -0.2) is 21.0 Å². The third kappa shape index (κ3) is 5.17. The van der Waals surface area contributed by atoms with Crippen molar-refractivity contribution in [3.05, 3.63) is 52.8 Å². The van der Waals surface area contributed by atoms with E-state index in [4.69, 9.17) is 29.7 Å². The molecule has 3 N–H and O–H groups in total. The van der Waals surface area contributed by atoms with Crippen molar-refractivity contribution in [2.24, 2.45) is 5.84 Å². The number of Topliss-reactive ketones (excluding diaryl/α,β-unsaturated/α-hetero) is 1. The lowest BCUT2D eigenvalue weighted by atomic mass is 10.2. The zero-order valence-electron chi connectivity index (χ0n) is 13.2. The quantitative estimate of drug-likeness (QED) is 0.267. The number of aryl methyl sites for hydroxylation is 1. The molecule has 0 atom stereocenters. The molecule has 0 fully saturated rings. The van der Waals surface area contributed by atoms with E-state index in [9.17, 15) is 4.79 Å². The normalized spacial score (nSPS) is 10.3. The van der Waals surface area contributed by atoms with E-state index in [0.29, 0.717) is 26.6 Å². The van der Waals surface area contributed by atoms with Gasteiger partial charge in [0, 0.05) is 17.6 Å². The Morgan fingerprint density at radius 3 is 2.75 bits per heavy atom. The van der Waals surface area contributed by atoms with Crippen LogP contribution >= 0.6 is 35.6 Å². The number of aromatic nitrogens is 1.